The summed E-state index contributed by atoms with van der Waals surface area (Å²) in [4.78, 5) is 0. The minimum absolute atomic E-state index is 0.157. The van der Waals surface area contributed by atoms with E-state index in [9.17, 15) is 0 Å². The summed E-state index contributed by atoms with van der Waals surface area (Å²) in [5, 5.41) is 4.76. The van der Waals surface area contributed by atoms with Crippen LogP contribution >= 0.6 is 11.6 Å². The fraction of sp³-hybridized carbons (Fsp3) is 0.308. The Kier molecular flexibility index (Phi) is 3.11. The van der Waals surface area contributed by atoms with E-state index in [2.05, 4.69) is 5.10 Å². The van der Waals surface area contributed by atoms with Crippen molar-refractivity contribution >= 4 is 11.6 Å². The Labute approximate surface area is 106 Å². The van der Waals surface area contributed by atoms with Crippen molar-refractivity contribution in [3.05, 3.63) is 41.7 Å². The van der Waals surface area contributed by atoms with E-state index in [1.807, 2.05) is 51.1 Å². The van der Waals surface area contributed by atoms with Crippen molar-refractivity contribution in [2.75, 3.05) is 0 Å². The quantitative estimate of drug-likeness (QED) is 0.803. The first-order valence-electron chi connectivity index (χ1n) is 5.45. The molecule has 2 aromatic rings. The number of halogens is 1. The van der Waals surface area contributed by atoms with Gasteiger partial charge in [0.15, 0.2) is 10.9 Å². The van der Waals surface area contributed by atoms with Gasteiger partial charge in [-0.05, 0) is 32.9 Å². The lowest BCUT2D eigenvalue weighted by Gasteiger charge is -2.20. The summed E-state index contributed by atoms with van der Waals surface area (Å²) in [6.07, 6.45) is 1.64. The molecule has 0 fully saturated rings. The molecule has 0 aliphatic heterocycles. The Morgan fingerprint density at radius 2 is 1.82 bits per heavy atom. The second-order valence-electron chi connectivity index (χ2n) is 4.80. The van der Waals surface area contributed by atoms with Crippen LogP contribution in [0.25, 0.3) is 0 Å². The zero-order valence-corrected chi connectivity index (χ0v) is 10.9. The molecule has 0 aliphatic carbocycles. The molecule has 0 bridgehead atoms. The van der Waals surface area contributed by atoms with Crippen LogP contribution in [0.2, 0.25) is 5.15 Å². The van der Waals surface area contributed by atoms with Crippen molar-refractivity contribution in [3.63, 3.8) is 0 Å². The van der Waals surface area contributed by atoms with Crippen LogP contribution in [0.15, 0.2) is 36.5 Å². The maximum atomic E-state index is 6.23. The van der Waals surface area contributed by atoms with Gasteiger partial charge in [0.1, 0.15) is 5.75 Å². The first kappa shape index (κ1) is 12.0. The maximum Gasteiger partial charge on any atom is 0.184 e. The number of nitrogens with zero attached hydrogens (tertiary/aromatic N) is 2. The molecule has 90 valence electrons. The third kappa shape index (κ3) is 2.61. The highest BCUT2D eigenvalue weighted by molar-refractivity contribution is 6.31. The molecule has 0 N–H and O–H groups in total. The Balaban J connectivity index is 2.27. The van der Waals surface area contributed by atoms with Crippen LogP contribution < -0.4 is 4.74 Å². The topological polar surface area (TPSA) is 27.1 Å². The van der Waals surface area contributed by atoms with Gasteiger partial charge < -0.3 is 4.74 Å². The van der Waals surface area contributed by atoms with E-state index in [0.717, 1.165) is 5.75 Å². The normalized spacial score (nSPS) is 11.5. The Bertz CT molecular complexity index is 500. The third-order valence-corrected chi connectivity index (χ3v) is 2.63. The molecule has 0 atom stereocenters. The molecule has 2 rings (SSSR count). The highest BCUT2D eigenvalue weighted by atomic mass is 35.5. The Hall–Kier alpha value is -1.48. The van der Waals surface area contributed by atoms with Gasteiger partial charge in [0.25, 0.3) is 0 Å². The monoisotopic (exact) mass is 250 g/mol. The van der Waals surface area contributed by atoms with Crippen molar-refractivity contribution in [3.8, 4) is 11.5 Å². The summed E-state index contributed by atoms with van der Waals surface area (Å²) in [5.41, 5.74) is -0.157. The van der Waals surface area contributed by atoms with Crippen molar-refractivity contribution in [2.45, 2.75) is 26.3 Å². The third-order valence-electron chi connectivity index (χ3n) is 2.29. The molecule has 0 radical (unpaired) electrons. The van der Waals surface area contributed by atoms with Gasteiger partial charge >= 0.3 is 0 Å². The van der Waals surface area contributed by atoms with Gasteiger partial charge in [-0.1, -0.05) is 29.8 Å². The molecule has 1 aromatic heterocycles. The zero-order chi connectivity index (χ0) is 12.5. The van der Waals surface area contributed by atoms with E-state index < -0.39 is 0 Å². The number of ether oxygens (including phenoxy) is 1. The summed E-state index contributed by atoms with van der Waals surface area (Å²) < 4.78 is 7.41. The number of benzene rings is 1. The average molecular weight is 251 g/mol. The molecule has 3 nitrogen and oxygen atoms in total. The molecule has 0 unspecified atom stereocenters. The smallest absolute Gasteiger partial charge is 0.184 e. The van der Waals surface area contributed by atoms with Gasteiger partial charge in [-0.2, -0.15) is 5.10 Å². The standard InChI is InChI=1S/C13H15ClN2O/c1-13(2,3)16-12(14)11(9-15-16)17-10-7-5-4-6-8-10/h4-9H,1-3H3. The van der Waals surface area contributed by atoms with E-state index in [4.69, 9.17) is 16.3 Å². The minimum atomic E-state index is -0.157. The van der Waals surface area contributed by atoms with Crippen LogP contribution in [0.4, 0.5) is 0 Å². The molecule has 0 spiro atoms. The van der Waals surface area contributed by atoms with E-state index >= 15 is 0 Å². The van der Waals surface area contributed by atoms with Crippen molar-refractivity contribution in [1.29, 1.82) is 0 Å². The lowest BCUT2D eigenvalue weighted by molar-refractivity contribution is 0.354. The van der Waals surface area contributed by atoms with Gasteiger partial charge in [0.05, 0.1) is 11.7 Å². The van der Waals surface area contributed by atoms with E-state index in [0.29, 0.717) is 10.9 Å². The maximum absolute atomic E-state index is 6.23. The van der Waals surface area contributed by atoms with Crippen molar-refractivity contribution < 1.29 is 4.74 Å². The van der Waals surface area contributed by atoms with Crippen LogP contribution in [0, 0.1) is 0 Å². The minimum Gasteiger partial charge on any atom is -0.452 e. The fourth-order valence-corrected chi connectivity index (χ4v) is 1.85. The van der Waals surface area contributed by atoms with Gasteiger partial charge in [-0.3, -0.25) is 0 Å². The van der Waals surface area contributed by atoms with Crippen LogP contribution in [0.3, 0.4) is 0 Å². The molecule has 4 heteroatoms. The van der Waals surface area contributed by atoms with Crippen LogP contribution in [-0.4, -0.2) is 9.78 Å². The van der Waals surface area contributed by atoms with Crippen molar-refractivity contribution in [1.82, 2.24) is 9.78 Å². The largest absolute Gasteiger partial charge is 0.452 e. The molecule has 1 heterocycles. The number of hydrogen-bond acceptors (Lipinski definition) is 2. The predicted molar refractivity (Wildman–Crippen MR) is 68.7 cm³/mol. The van der Waals surface area contributed by atoms with E-state index in [1.165, 1.54) is 0 Å². The van der Waals surface area contributed by atoms with Crippen LogP contribution in [-0.2, 0) is 5.54 Å². The SMILES string of the molecule is CC(C)(C)n1ncc(Oc2ccccc2)c1Cl. The molecule has 1 aromatic carbocycles. The van der Waals surface area contributed by atoms with Gasteiger partial charge in [-0.15, -0.1) is 0 Å². The first-order chi connectivity index (χ1) is 7.98. The van der Waals surface area contributed by atoms with Crippen LogP contribution in [0.5, 0.6) is 11.5 Å². The highest BCUT2D eigenvalue weighted by Crippen LogP contribution is 2.32. The molecule has 0 aliphatic rings. The molecule has 17 heavy (non-hydrogen) atoms. The Morgan fingerprint density at radius 1 is 1.18 bits per heavy atom. The van der Waals surface area contributed by atoms with Gasteiger partial charge in [0, 0.05) is 0 Å². The molecule has 0 amide bonds. The second-order valence-corrected chi connectivity index (χ2v) is 5.16. The summed E-state index contributed by atoms with van der Waals surface area (Å²) >= 11 is 6.23. The van der Waals surface area contributed by atoms with Gasteiger partial charge in [0.2, 0.25) is 0 Å². The van der Waals surface area contributed by atoms with E-state index in [1.54, 1.807) is 10.9 Å². The number of rotatable bonds is 2. The molecule has 0 saturated heterocycles. The van der Waals surface area contributed by atoms with E-state index in [-0.39, 0.29) is 5.54 Å². The van der Waals surface area contributed by atoms with Crippen molar-refractivity contribution in [2.24, 2.45) is 0 Å². The fourth-order valence-electron chi connectivity index (χ4n) is 1.47. The highest BCUT2D eigenvalue weighted by Gasteiger charge is 2.20. The Morgan fingerprint density at radius 3 is 2.35 bits per heavy atom. The summed E-state index contributed by atoms with van der Waals surface area (Å²) in [5.74, 6) is 1.33. The summed E-state index contributed by atoms with van der Waals surface area (Å²) in [6, 6.07) is 9.53. The molecule has 0 saturated carbocycles. The molecular weight excluding hydrogens is 236 g/mol. The first-order valence-corrected chi connectivity index (χ1v) is 5.83. The van der Waals surface area contributed by atoms with Crippen LogP contribution in [0.1, 0.15) is 20.8 Å². The summed E-state index contributed by atoms with van der Waals surface area (Å²) in [7, 11) is 0. The lowest BCUT2D eigenvalue weighted by atomic mass is 10.1. The van der Waals surface area contributed by atoms with Gasteiger partial charge in [-0.25, -0.2) is 4.68 Å². The number of hydrogen-bond donors (Lipinski definition) is 0. The molecular formula is C13H15ClN2O. The number of para-hydroxylation sites is 1. The zero-order valence-electron chi connectivity index (χ0n) is 10.1. The average Bonchev–Trinajstić information content (AvgIpc) is 2.61. The second kappa shape index (κ2) is 4.41. The summed E-state index contributed by atoms with van der Waals surface area (Å²) in [6.45, 7) is 6.12. The predicted octanol–water partition coefficient (Wildman–Crippen LogP) is 4.08. The lowest BCUT2D eigenvalue weighted by Crippen LogP contribution is -2.23. The number of aromatic nitrogens is 2.